The Morgan fingerprint density at radius 1 is 1.40 bits per heavy atom. The molecule has 1 heterocycles. The van der Waals surface area contributed by atoms with E-state index >= 15 is 0 Å². The summed E-state index contributed by atoms with van der Waals surface area (Å²) in [4.78, 5) is 22.0. The Labute approximate surface area is 111 Å². The molecule has 0 bridgehead atoms. The molecule has 3 N–H and O–H groups in total. The number of alkyl halides is 2. The number of benzene rings is 1. The number of nitrogens with one attached hydrogen (secondary N) is 1. The summed E-state index contributed by atoms with van der Waals surface area (Å²) in [5, 5.41) is 0.573. The Kier molecular flexibility index (Phi) is 3.41. The highest BCUT2D eigenvalue weighted by Gasteiger charge is 2.41. The fourth-order valence-corrected chi connectivity index (χ4v) is 1.65. The maximum absolute atomic E-state index is 13.3. The van der Waals surface area contributed by atoms with Crippen molar-refractivity contribution in [3.63, 3.8) is 0 Å². The van der Waals surface area contributed by atoms with Crippen LogP contribution in [0.1, 0.15) is 5.56 Å². The van der Waals surface area contributed by atoms with Gasteiger partial charge in [-0.25, -0.2) is 10.6 Å². The largest absolute Gasteiger partial charge is 0.483 e. The molecular formula is C12H10F2N2O4. The number of ether oxygens (including phenoxy) is 1. The second-order valence-corrected chi connectivity index (χ2v) is 4.00. The lowest BCUT2D eigenvalue weighted by atomic mass is 10.1. The third-order valence-corrected chi connectivity index (χ3v) is 2.56. The SMILES string of the molecule is Cc1cc(=O)oc2cc(OC(F)(F)C(=O)NN)ccc12. The first-order valence-electron chi connectivity index (χ1n) is 5.46. The Hall–Kier alpha value is -2.48. The second kappa shape index (κ2) is 4.89. The van der Waals surface area contributed by atoms with Crippen molar-refractivity contribution in [3.05, 3.63) is 40.2 Å². The van der Waals surface area contributed by atoms with Gasteiger partial charge in [0.25, 0.3) is 0 Å². The molecule has 0 spiro atoms. The highest BCUT2D eigenvalue weighted by atomic mass is 19.3. The van der Waals surface area contributed by atoms with Crippen molar-refractivity contribution in [2.45, 2.75) is 13.0 Å². The third-order valence-electron chi connectivity index (χ3n) is 2.56. The van der Waals surface area contributed by atoms with Crippen molar-refractivity contribution in [2.24, 2.45) is 5.84 Å². The predicted octanol–water partition coefficient (Wildman–Crippen LogP) is 1.06. The van der Waals surface area contributed by atoms with Gasteiger partial charge in [0.15, 0.2) is 0 Å². The van der Waals surface area contributed by atoms with E-state index in [-0.39, 0.29) is 11.3 Å². The zero-order valence-corrected chi connectivity index (χ0v) is 10.3. The Morgan fingerprint density at radius 2 is 2.10 bits per heavy atom. The first kappa shape index (κ1) is 13.9. The van der Waals surface area contributed by atoms with Gasteiger partial charge >= 0.3 is 17.6 Å². The topological polar surface area (TPSA) is 94.6 Å². The highest BCUT2D eigenvalue weighted by molar-refractivity contribution is 5.83. The first-order valence-corrected chi connectivity index (χ1v) is 5.46. The summed E-state index contributed by atoms with van der Waals surface area (Å²) >= 11 is 0. The summed E-state index contributed by atoms with van der Waals surface area (Å²) in [5.74, 6) is 2.50. The number of halogens is 2. The van der Waals surface area contributed by atoms with Gasteiger partial charge in [0, 0.05) is 17.5 Å². The van der Waals surface area contributed by atoms with E-state index in [1.165, 1.54) is 23.6 Å². The van der Waals surface area contributed by atoms with Crippen LogP contribution in [-0.2, 0) is 4.79 Å². The summed E-state index contributed by atoms with van der Waals surface area (Å²) in [6.45, 7) is 1.68. The average Bonchev–Trinajstić information content (AvgIpc) is 2.36. The molecule has 0 aliphatic carbocycles. The summed E-state index contributed by atoms with van der Waals surface area (Å²) in [5.41, 5.74) is 1.39. The van der Waals surface area contributed by atoms with Gasteiger partial charge in [0.2, 0.25) is 0 Å². The molecule has 6 nitrogen and oxygen atoms in total. The quantitative estimate of drug-likeness (QED) is 0.380. The Morgan fingerprint density at radius 3 is 2.75 bits per heavy atom. The van der Waals surface area contributed by atoms with Crippen molar-refractivity contribution in [1.82, 2.24) is 5.43 Å². The van der Waals surface area contributed by atoms with Crippen LogP contribution in [0.2, 0.25) is 0 Å². The van der Waals surface area contributed by atoms with Gasteiger partial charge in [0.1, 0.15) is 11.3 Å². The molecule has 1 aromatic heterocycles. The van der Waals surface area contributed by atoms with Crippen LogP contribution in [0.25, 0.3) is 11.0 Å². The zero-order chi connectivity index (χ0) is 14.9. The van der Waals surface area contributed by atoms with E-state index in [0.29, 0.717) is 10.9 Å². The first-order chi connectivity index (χ1) is 9.33. The van der Waals surface area contributed by atoms with Gasteiger partial charge in [-0.2, -0.15) is 8.78 Å². The minimum absolute atomic E-state index is 0.0801. The zero-order valence-electron chi connectivity index (χ0n) is 10.3. The molecule has 1 aromatic carbocycles. The number of carbonyl (C=O) groups excluding carboxylic acids is 1. The molecular weight excluding hydrogens is 274 g/mol. The van der Waals surface area contributed by atoms with Crippen LogP contribution in [0.15, 0.2) is 33.5 Å². The van der Waals surface area contributed by atoms with Crippen LogP contribution >= 0.6 is 0 Å². The van der Waals surface area contributed by atoms with E-state index in [4.69, 9.17) is 4.42 Å². The lowest BCUT2D eigenvalue weighted by molar-refractivity contribution is -0.192. The number of hydrogen-bond acceptors (Lipinski definition) is 5. The number of nitrogens with two attached hydrogens (primary N) is 1. The van der Waals surface area contributed by atoms with E-state index in [0.717, 1.165) is 6.07 Å². The molecule has 1 amide bonds. The molecule has 0 atom stereocenters. The number of hydrazine groups is 1. The van der Waals surface area contributed by atoms with Crippen LogP contribution in [0.3, 0.4) is 0 Å². The number of amides is 1. The van der Waals surface area contributed by atoms with Crippen LogP contribution in [0.4, 0.5) is 8.78 Å². The molecule has 20 heavy (non-hydrogen) atoms. The standard InChI is InChI=1S/C12H10F2N2O4/c1-6-4-10(17)19-9-5-7(2-3-8(6)9)20-12(13,14)11(18)16-15/h2-5H,15H2,1H3,(H,16,18). The predicted molar refractivity (Wildman–Crippen MR) is 65.1 cm³/mol. The highest BCUT2D eigenvalue weighted by Crippen LogP contribution is 2.26. The van der Waals surface area contributed by atoms with Gasteiger partial charge in [-0.1, -0.05) is 0 Å². The number of hydrogen-bond donors (Lipinski definition) is 2. The van der Waals surface area contributed by atoms with E-state index in [2.05, 4.69) is 10.6 Å². The van der Waals surface area contributed by atoms with Crippen LogP contribution in [-0.4, -0.2) is 12.0 Å². The summed E-state index contributed by atoms with van der Waals surface area (Å²) in [7, 11) is 0. The molecule has 0 aliphatic heterocycles. The van der Waals surface area contributed by atoms with Crippen molar-refractivity contribution in [3.8, 4) is 5.75 Å². The Bertz CT molecular complexity index is 727. The maximum Gasteiger partial charge on any atom is 0.483 e. The number of rotatable bonds is 3. The van der Waals surface area contributed by atoms with Gasteiger partial charge in [-0.15, -0.1) is 0 Å². The van der Waals surface area contributed by atoms with E-state index in [1.54, 1.807) is 6.92 Å². The second-order valence-electron chi connectivity index (χ2n) is 4.00. The smallest absolute Gasteiger partial charge is 0.425 e. The molecule has 0 fully saturated rings. The molecule has 0 saturated carbocycles. The molecule has 106 valence electrons. The van der Waals surface area contributed by atoms with E-state index in [1.807, 2.05) is 0 Å². The number of aryl methyl sites for hydroxylation is 1. The lowest BCUT2D eigenvalue weighted by Crippen LogP contribution is -2.47. The summed E-state index contributed by atoms with van der Waals surface area (Å²) in [6.07, 6.45) is -4.13. The molecule has 2 rings (SSSR count). The van der Waals surface area contributed by atoms with Gasteiger partial charge in [-0.3, -0.25) is 10.2 Å². The molecule has 0 aliphatic rings. The van der Waals surface area contributed by atoms with Crippen molar-refractivity contribution in [1.29, 1.82) is 0 Å². The van der Waals surface area contributed by atoms with Crippen LogP contribution in [0.5, 0.6) is 5.75 Å². The molecule has 8 heteroatoms. The third kappa shape index (κ3) is 2.59. The number of fused-ring (bicyclic) bond motifs is 1. The minimum atomic E-state index is -4.13. The van der Waals surface area contributed by atoms with E-state index in [9.17, 15) is 18.4 Å². The summed E-state index contributed by atoms with van der Waals surface area (Å²) in [6, 6.07) is 5.05. The summed E-state index contributed by atoms with van der Waals surface area (Å²) < 4.78 is 35.6. The average molecular weight is 284 g/mol. The van der Waals surface area contributed by atoms with Gasteiger partial charge in [-0.05, 0) is 24.6 Å². The molecule has 0 unspecified atom stereocenters. The van der Waals surface area contributed by atoms with Crippen LogP contribution < -0.4 is 21.6 Å². The normalized spacial score (nSPS) is 11.4. The number of carbonyl (C=O) groups is 1. The van der Waals surface area contributed by atoms with Gasteiger partial charge in [0.05, 0.1) is 0 Å². The van der Waals surface area contributed by atoms with Gasteiger partial charge < -0.3 is 9.15 Å². The molecule has 0 radical (unpaired) electrons. The fourth-order valence-electron chi connectivity index (χ4n) is 1.65. The maximum atomic E-state index is 13.3. The van der Waals surface area contributed by atoms with Crippen molar-refractivity contribution >= 4 is 16.9 Å². The van der Waals surface area contributed by atoms with Crippen molar-refractivity contribution in [2.75, 3.05) is 0 Å². The van der Waals surface area contributed by atoms with Crippen molar-refractivity contribution < 1.29 is 22.7 Å². The monoisotopic (exact) mass is 284 g/mol. The molecule has 2 aromatic rings. The minimum Gasteiger partial charge on any atom is -0.425 e. The molecule has 0 saturated heterocycles. The van der Waals surface area contributed by atoms with Crippen LogP contribution in [0, 0.1) is 6.92 Å². The Balaban J connectivity index is 2.42. The van der Waals surface area contributed by atoms with E-state index < -0.39 is 17.6 Å². The lowest BCUT2D eigenvalue weighted by Gasteiger charge is -2.15. The fraction of sp³-hybridized carbons (Fsp3) is 0.167.